The van der Waals surface area contributed by atoms with E-state index in [0.29, 0.717) is 18.1 Å². The highest BCUT2D eigenvalue weighted by Crippen LogP contribution is 2.42. The zero-order chi connectivity index (χ0) is 19.1. The zero-order valence-corrected chi connectivity index (χ0v) is 17.3. The Morgan fingerprint density at radius 1 is 1.07 bits per heavy atom. The highest BCUT2D eigenvalue weighted by atomic mass is 16.5. The molecule has 0 aromatic carbocycles. The van der Waals surface area contributed by atoms with E-state index in [9.17, 15) is 0 Å². The van der Waals surface area contributed by atoms with E-state index >= 15 is 0 Å². The van der Waals surface area contributed by atoms with Crippen LogP contribution in [0.4, 0.5) is 0 Å². The van der Waals surface area contributed by atoms with Crippen molar-refractivity contribution in [2.75, 3.05) is 13.2 Å². The zero-order valence-electron chi connectivity index (χ0n) is 17.3. The van der Waals surface area contributed by atoms with Crippen molar-refractivity contribution >= 4 is 0 Å². The first-order valence-corrected chi connectivity index (χ1v) is 11.5. The Morgan fingerprint density at radius 3 is 2.48 bits per heavy atom. The van der Waals surface area contributed by atoms with Gasteiger partial charge in [-0.3, -0.25) is 0 Å². The Kier molecular flexibility index (Phi) is 8.42. The van der Waals surface area contributed by atoms with Crippen LogP contribution in [-0.4, -0.2) is 30.5 Å². The summed E-state index contributed by atoms with van der Waals surface area (Å²) in [5.41, 5.74) is 7.79. The summed E-state index contributed by atoms with van der Waals surface area (Å²) in [4.78, 5) is 0. The van der Waals surface area contributed by atoms with Crippen molar-refractivity contribution in [3.63, 3.8) is 0 Å². The average molecular weight is 376 g/mol. The van der Waals surface area contributed by atoms with E-state index in [4.69, 9.17) is 15.6 Å². The first kappa shape index (κ1) is 21.1. The summed E-state index contributed by atoms with van der Waals surface area (Å²) in [6.07, 6.45) is 21.4. The number of aliphatic hydroxyl groups is 1. The first-order chi connectivity index (χ1) is 13.2. The molecule has 0 aromatic heterocycles. The van der Waals surface area contributed by atoms with E-state index in [0.717, 1.165) is 43.6 Å². The molecular formula is C24H41NO2. The molecule has 0 radical (unpaired) electrons. The lowest BCUT2D eigenvalue weighted by Crippen LogP contribution is -2.30. The molecule has 3 unspecified atom stereocenters. The van der Waals surface area contributed by atoms with Gasteiger partial charge in [-0.1, -0.05) is 23.8 Å². The molecule has 3 aliphatic rings. The molecule has 0 saturated heterocycles. The molecule has 0 heterocycles. The number of hydrogen-bond donors (Lipinski definition) is 2. The largest absolute Gasteiger partial charge is 0.396 e. The fraction of sp³-hybridized carbons (Fsp3) is 0.833. The second-order valence-electron chi connectivity index (χ2n) is 9.24. The molecule has 27 heavy (non-hydrogen) atoms. The number of aliphatic hydroxyl groups excluding tert-OH is 1. The van der Waals surface area contributed by atoms with Crippen LogP contribution >= 0.6 is 0 Å². The van der Waals surface area contributed by atoms with Crippen LogP contribution in [0.1, 0.15) is 77.6 Å². The Bertz CT molecular complexity index is 491. The minimum Gasteiger partial charge on any atom is -0.396 e. The van der Waals surface area contributed by atoms with Crippen LogP contribution < -0.4 is 5.73 Å². The Labute approximate surface area is 166 Å². The van der Waals surface area contributed by atoms with Crippen molar-refractivity contribution in [3.05, 3.63) is 23.8 Å². The van der Waals surface area contributed by atoms with Crippen LogP contribution in [0.2, 0.25) is 0 Å². The van der Waals surface area contributed by atoms with Gasteiger partial charge in [0.2, 0.25) is 0 Å². The SMILES string of the molecule is CC(N)C1C=C[C@H](C2CCC(C3=CCC(OCCCCO)CC3)CC2)CC1. The van der Waals surface area contributed by atoms with Gasteiger partial charge in [-0.2, -0.15) is 0 Å². The summed E-state index contributed by atoms with van der Waals surface area (Å²) in [6.45, 7) is 3.23. The second-order valence-corrected chi connectivity index (χ2v) is 9.24. The van der Waals surface area contributed by atoms with E-state index in [2.05, 4.69) is 25.2 Å². The molecular weight excluding hydrogens is 334 g/mol. The number of hydrogen-bond acceptors (Lipinski definition) is 3. The van der Waals surface area contributed by atoms with E-state index in [1.807, 2.05) is 0 Å². The van der Waals surface area contributed by atoms with Crippen molar-refractivity contribution in [1.29, 1.82) is 0 Å². The normalized spacial score (nSPS) is 35.7. The van der Waals surface area contributed by atoms with Gasteiger partial charge in [0, 0.05) is 19.3 Å². The molecule has 154 valence electrons. The maximum atomic E-state index is 8.84. The minimum atomic E-state index is 0.282. The average Bonchev–Trinajstić information content (AvgIpc) is 2.72. The van der Waals surface area contributed by atoms with Gasteiger partial charge in [0.25, 0.3) is 0 Å². The van der Waals surface area contributed by atoms with Gasteiger partial charge in [-0.05, 0) is 101 Å². The van der Waals surface area contributed by atoms with Crippen molar-refractivity contribution in [1.82, 2.24) is 0 Å². The van der Waals surface area contributed by atoms with Crippen LogP contribution in [0.3, 0.4) is 0 Å². The van der Waals surface area contributed by atoms with E-state index < -0.39 is 0 Å². The smallest absolute Gasteiger partial charge is 0.0612 e. The Morgan fingerprint density at radius 2 is 1.89 bits per heavy atom. The number of allylic oxidation sites excluding steroid dienone is 2. The fourth-order valence-electron chi connectivity index (χ4n) is 5.43. The lowest BCUT2D eigenvalue weighted by molar-refractivity contribution is 0.0410. The summed E-state index contributed by atoms with van der Waals surface area (Å²) in [5.74, 6) is 3.14. The standard InChI is InChI=1S/C24H41NO2/c1-18(25)19-4-6-20(7-5-19)21-8-10-22(11-9-21)23-12-14-24(15-13-23)27-17-3-2-16-26/h4,6,12,18-22,24,26H,2-3,5,7-11,13-17,25H2,1H3/t18?,19?,20-,21?,22?,24?/m0/s1. The third kappa shape index (κ3) is 6.17. The summed E-state index contributed by atoms with van der Waals surface area (Å²) in [6, 6.07) is 0.304. The van der Waals surface area contributed by atoms with E-state index in [1.165, 1.54) is 51.4 Å². The first-order valence-electron chi connectivity index (χ1n) is 11.5. The predicted octanol–water partition coefficient (Wildman–Crippen LogP) is 4.99. The minimum absolute atomic E-state index is 0.282. The summed E-state index contributed by atoms with van der Waals surface area (Å²) in [7, 11) is 0. The van der Waals surface area contributed by atoms with Crippen LogP contribution in [0.15, 0.2) is 23.8 Å². The van der Waals surface area contributed by atoms with Crippen LogP contribution in [0, 0.1) is 23.7 Å². The molecule has 0 amide bonds. The fourth-order valence-corrected chi connectivity index (χ4v) is 5.43. The summed E-state index contributed by atoms with van der Waals surface area (Å²) < 4.78 is 5.97. The third-order valence-electron chi connectivity index (χ3n) is 7.32. The molecule has 3 heteroatoms. The maximum Gasteiger partial charge on any atom is 0.0612 e. The van der Waals surface area contributed by atoms with E-state index in [1.54, 1.807) is 5.57 Å². The van der Waals surface area contributed by atoms with Gasteiger partial charge in [-0.25, -0.2) is 0 Å². The topological polar surface area (TPSA) is 55.5 Å². The van der Waals surface area contributed by atoms with E-state index in [-0.39, 0.29) is 6.61 Å². The van der Waals surface area contributed by atoms with Gasteiger partial charge in [0.15, 0.2) is 0 Å². The lowest BCUT2D eigenvalue weighted by Gasteiger charge is -2.37. The number of nitrogens with two attached hydrogens (primary N) is 1. The van der Waals surface area contributed by atoms with Crippen molar-refractivity contribution in [2.24, 2.45) is 29.4 Å². The molecule has 3 nitrogen and oxygen atoms in total. The highest BCUT2D eigenvalue weighted by molar-refractivity contribution is 5.12. The molecule has 3 aliphatic carbocycles. The summed E-state index contributed by atoms with van der Waals surface area (Å²) in [5, 5.41) is 8.84. The van der Waals surface area contributed by atoms with Gasteiger partial charge in [-0.15, -0.1) is 0 Å². The van der Waals surface area contributed by atoms with Gasteiger partial charge >= 0.3 is 0 Å². The number of rotatable bonds is 8. The molecule has 1 saturated carbocycles. The number of ether oxygens (including phenoxy) is 1. The lowest BCUT2D eigenvalue weighted by atomic mass is 9.69. The maximum absolute atomic E-state index is 8.84. The second kappa shape index (κ2) is 10.8. The molecule has 0 aliphatic heterocycles. The van der Waals surface area contributed by atoms with Gasteiger partial charge in [0.1, 0.15) is 0 Å². The van der Waals surface area contributed by atoms with Crippen molar-refractivity contribution in [2.45, 2.75) is 89.7 Å². The highest BCUT2D eigenvalue weighted by Gasteiger charge is 2.31. The summed E-state index contributed by atoms with van der Waals surface area (Å²) >= 11 is 0. The number of unbranched alkanes of at least 4 members (excludes halogenated alkanes) is 1. The molecule has 4 atom stereocenters. The Hall–Kier alpha value is -0.640. The van der Waals surface area contributed by atoms with Crippen molar-refractivity contribution in [3.8, 4) is 0 Å². The molecule has 3 N–H and O–H groups in total. The molecule has 0 aromatic rings. The van der Waals surface area contributed by atoms with Crippen LogP contribution in [0.25, 0.3) is 0 Å². The monoisotopic (exact) mass is 375 g/mol. The van der Waals surface area contributed by atoms with Crippen LogP contribution in [0.5, 0.6) is 0 Å². The van der Waals surface area contributed by atoms with Crippen molar-refractivity contribution < 1.29 is 9.84 Å². The molecule has 0 bridgehead atoms. The molecule has 3 rings (SSSR count). The predicted molar refractivity (Wildman–Crippen MR) is 112 cm³/mol. The van der Waals surface area contributed by atoms with Gasteiger partial charge < -0.3 is 15.6 Å². The quantitative estimate of drug-likeness (QED) is 0.464. The molecule has 0 spiro atoms. The van der Waals surface area contributed by atoms with Crippen LogP contribution in [-0.2, 0) is 4.74 Å². The third-order valence-corrected chi connectivity index (χ3v) is 7.32. The molecule has 1 fully saturated rings. The Balaban J connectivity index is 1.38. The van der Waals surface area contributed by atoms with Gasteiger partial charge in [0.05, 0.1) is 6.10 Å².